The van der Waals surface area contributed by atoms with Gasteiger partial charge in [0, 0.05) is 0 Å². The fourth-order valence-corrected chi connectivity index (χ4v) is 2.09. The van der Waals surface area contributed by atoms with E-state index < -0.39 is 0 Å². The summed E-state index contributed by atoms with van der Waals surface area (Å²) < 4.78 is 7.54. The molecule has 0 spiro atoms. The molecule has 2 N–H and O–H groups in total. The van der Waals surface area contributed by atoms with E-state index in [2.05, 4.69) is 10.4 Å². The number of ether oxygens (including phenoxy) is 1. The predicted molar refractivity (Wildman–Crippen MR) is 66.7 cm³/mol. The van der Waals surface area contributed by atoms with Crippen molar-refractivity contribution in [3.05, 3.63) is 36.7 Å². The van der Waals surface area contributed by atoms with Crippen molar-refractivity contribution in [2.75, 3.05) is 6.54 Å². The van der Waals surface area contributed by atoms with Crippen molar-refractivity contribution in [3.63, 3.8) is 0 Å². The van der Waals surface area contributed by atoms with E-state index in [4.69, 9.17) is 4.74 Å². The lowest BCUT2D eigenvalue weighted by molar-refractivity contribution is 0.420. The molecule has 5 nitrogen and oxygen atoms in total. The van der Waals surface area contributed by atoms with Crippen LogP contribution >= 0.6 is 0 Å². The molecule has 1 unspecified atom stereocenters. The van der Waals surface area contributed by atoms with Gasteiger partial charge in [0.1, 0.15) is 17.7 Å². The summed E-state index contributed by atoms with van der Waals surface area (Å²) in [6.07, 6.45) is 6.14. The number of hydrogen-bond donors (Lipinski definition) is 2. The van der Waals surface area contributed by atoms with Crippen molar-refractivity contribution in [2.24, 2.45) is 0 Å². The van der Waals surface area contributed by atoms with Crippen molar-refractivity contribution < 1.29 is 9.84 Å². The monoisotopic (exact) mass is 245 g/mol. The molecule has 1 fully saturated rings. The molecule has 94 valence electrons. The van der Waals surface area contributed by atoms with Crippen molar-refractivity contribution in [1.29, 1.82) is 0 Å². The molecule has 1 aliphatic heterocycles. The first-order valence-electron chi connectivity index (χ1n) is 6.06. The molecular formula is C13H15N3O2. The normalized spacial score (nSPS) is 19.0. The quantitative estimate of drug-likeness (QED) is 0.870. The Hall–Kier alpha value is -2.01. The molecule has 5 heteroatoms. The zero-order valence-corrected chi connectivity index (χ0v) is 9.91. The Balaban J connectivity index is 1.71. The lowest BCUT2D eigenvalue weighted by Gasteiger charge is -2.09. The second-order valence-corrected chi connectivity index (χ2v) is 4.36. The highest BCUT2D eigenvalue weighted by Gasteiger charge is 2.16. The van der Waals surface area contributed by atoms with Gasteiger partial charge in [0.2, 0.25) is 0 Å². The van der Waals surface area contributed by atoms with Crippen LogP contribution in [-0.4, -0.2) is 21.4 Å². The fraction of sp³-hybridized carbons (Fsp3) is 0.308. The largest absolute Gasteiger partial charge is 0.508 e. The third-order valence-electron chi connectivity index (χ3n) is 3.00. The minimum Gasteiger partial charge on any atom is -0.508 e. The maximum Gasteiger partial charge on any atom is 0.165 e. The molecule has 0 radical (unpaired) electrons. The van der Waals surface area contributed by atoms with Crippen molar-refractivity contribution in [3.8, 4) is 17.2 Å². The van der Waals surface area contributed by atoms with Crippen LogP contribution in [0.1, 0.15) is 19.0 Å². The summed E-state index contributed by atoms with van der Waals surface area (Å²) in [5.74, 6) is 1.62. The Morgan fingerprint density at radius 3 is 2.83 bits per heavy atom. The SMILES string of the molecule is Oc1ccc(Oc2cnn(C3CCCN3)c2)cc1. The fourth-order valence-electron chi connectivity index (χ4n) is 2.09. The van der Waals surface area contributed by atoms with Gasteiger partial charge < -0.3 is 9.84 Å². The smallest absolute Gasteiger partial charge is 0.165 e. The van der Waals surface area contributed by atoms with Crippen LogP contribution in [-0.2, 0) is 0 Å². The molecule has 1 saturated heterocycles. The van der Waals surface area contributed by atoms with Gasteiger partial charge in [-0.2, -0.15) is 5.10 Å². The Labute approximate surface area is 105 Å². The van der Waals surface area contributed by atoms with Crippen LogP contribution < -0.4 is 10.1 Å². The number of phenols is 1. The van der Waals surface area contributed by atoms with Gasteiger partial charge in [-0.25, -0.2) is 0 Å². The topological polar surface area (TPSA) is 59.3 Å². The highest BCUT2D eigenvalue weighted by atomic mass is 16.5. The molecule has 0 amide bonds. The van der Waals surface area contributed by atoms with Crippen LogP contribution in [0, 0.1) is 0 Å². The van der Waals surface area contributed by atoms with Gasteiger partial charge in [0.25, 0.3) is 0 Å². The van der Waals surface area contributed by atoms with Crippen LogP contribution in [0.15, 0.2) is 36.7 Å². The molecule has 0 aliphatic carbocycles. The third-order valence-corrected chi connectivity index (χ3v) is 3.00. The van der Waals surface area contributed by atoms with Crippen LogP contribution in [0.25, 0.3) is 0 Å². The van der Waals surface area contributed by atoms with E-state index in [1.165, 1.54) is 6.42 Å². The highest BCUT2D eigenvalue weighted by Crippen LogP contribution is 2.24. The summed E-state index contributed by atoms with van der Waals surface area (Å²) in [6.45, 7) is 1.04. The standard InChI is InChI=1S/C13H15N3O2/c17-10-3-5-11(6-4-10)18-12-8-15-16(9-12)13-2-1-7-14-13/h3-6,8-9,13-14,17H,1-2,7H2. The first-order chi connectivity index (χ1) is 8.81. The Morgan fingerprint density at radius 1 is 1.28 bits per heavy atom. The summed E-state index contributed by atoms with van der Waals surface area (Å²) in [6, 6.07) is 6.64. The van der Waals surface area contributed by atoms with Crippen LogP contribution in [0.4, 0.5) is 0 Å². The van der Waals surface area contributed by atoms with E-state index in [9.17, 15) is 5.11 Å². The van der Waals surface area contributed by atoms with Gasteiger partial charge >= 0.3 is 0 Å². The molecule has 1 aromatic carbocycles. The number of nitrogens with zero attached hydrogens (tertiary/aromatic N) is 2. The van der Waals surface area contributed by atoms with Crippen LogP contribution in [0.2, 0.25) is 0 Å². The van der Waals surface area contributed by atoms with Gasteiger partial charge in [0.05, 0.1) is 12.4 Å². The number of aromatic nitrogens is 2. The van der Waals surface area contributed by atoms with Crippen LogP contribution in [0.5, 0.6) is 17.2 Å². The molecule has 1 aromatic heterocycles. The van der Waals surface area contributed by atoms with Crippen molar-refractivity contribution in [2.45, 2.75) is 19.0 Å². The second kappa shape index (κ2) is 4.70. The molecular weight excluding hydrogens is 230 g/mol. The van der Waals surface area contributed by atoms with E-state index in [-0.39, 0.29) is 11.9 Å². The number of aromatic hydroxyl groups is 1. The summed E-state index contributed by atoms with van der Waals surface area (Å²) in [7, 11) is 0. The van der Waals surface area contributed by atoms with E-state index in [0.29, 0.717) is 11.5 Å². The Morgan fingerprint density at radius 2 is 2.11 bits per heavy atom. The van der Waals surface area contributed by atoms with Gasteiger partial charge in [-0.05, 0) is 43.7 Å². The lowest BCUT2D eigenvalue weighted by Crippen LogP contribution is -2.19. The van der Waals surface area contributed by atoms with E-state index >= 15 is 0 Å². The summed E-state index contributed by atoms with van der Waals surface area (Å²) in [4.78, 5) is 0. The van der Waals surface area contributed by atoms with E-state index in [1.54, 1.807) is 30.5 Å². The molecule has 0 saturated carbocycles. The van der Waals surface area contributed by atoms with E-state index in [0.717, 1.165) is 13.0 Å². The Kier molecular flexibility index (Phi) is 2.90. The van der Waals surface area contributed by atoms with Gasteiger partial charge in [-0.3, -0.25) is 10.00 Å². The molecule has 2 heterocycles. The van der Waals surface area contributed by atoms with Gasteiger partial charge in [-0.15, -0.1) is 0 Å². The third kappa shape index (κ3) is 2.31. The number of phenolic OH excluding ortho intramolecular Hbond substituents is 1. The average Bonchev–Trinajstić information content (AvgIpc) is 3.02. The molecule has 3 rings (SSSR count). The zero-order chi connectivity index (χ0) is 12.4. The Bertz CT molecular complexity index is 515. The average molecular weight is 245 g/mol. The minimum absolute atomic E-state index is 0.230. The molecule has 2 aromatic rings. The number of benzene rings is 1. The second-order valence-electron chi connectivity index (χ2n) is 4.36. The highest BCUT2D eigenvalue weighted by molar-refractivity contribution is 5.33. The maximum absolute atomic E-state index is 9.19. The maximum atomic E-state index is 9.19. The van der Waals surface area contributed by atoms with Crippen molar-refractivity contribution in [1.82, 2.24) is 15.1 Å². The number of nitrogens with one attached hydrogen (secondary N) is 1. The summed E-state index contributed by atoms with van der Waals surface area (Å²) in [5, 5.41) is 16.9. The molecule has 1 aliphatic rings. The summed E-state index contributed by atoms with van der Waals surface area (Å²) in [5.41, 5.74) is 0. The molecule has 18 heavy (non-hydrogen) atoms. The minimum atomic E-state index is 0.230. The molecule has 0 bridgehead atoms. The number of rotatable bonds is 3. The van der Waals surface area contributed by atoms with Crippen LogP contribution in [0.3, 0.4) is 0 Å². The molecule has 1 atom stereocenters. The first-order valence-corrected chi connectivity index (χ1v) is 6.06. The van der Waals surface area contributed by atoms with Gasteiger partial charge in [-0.1, -0.05) is 0 Å². The van der Waals surface area contributed by atoms with E-state index in [1.807, 2.05) is 10.9 Å². The number of hydrogen-bond acceptors (Lipinski definition) is 4. The predicted octanol–water partition coefficient (Wildman–Crippen LogP) is 2.26. The first kappa shape index (κ1) is 11.1. The lowest BCUT2D eigenvalue weighted by atomic mass is 10.3. The summed E-state index contributed by atoms with van der Waals surface area (Å²) >= 11 is 0. The zero-order valence-electron chi connectivity index (χ0n) is 9.91. The van der Waals surface area contributed by atoms with Gasteiger partial charge in [0.15, 0.2) is 5.75 Å². The van der Waals surface area contributed by atoms with Crippen molar-refractivity contribution >= 4 is 0 Å².